The average molecular weight is 292 g/mol. The number of amides is 1. The van der Waals surface area contributed by atoms with Crippen LogP contribution in [0.1, 0.15) is 19.3 Å². The number of carbonyl (C=O) groups excluding carboxylic acids is 1. The lowest BCUT2D eigenvalue weighted by Gasteiger charge is -2.22. The number of hydrogen-bond acceptors (Lipinski definition) is 4. The van der Waals surface area contributed by atoms with Crippen molar-refractivity contribution in [3.8, 4) is 11.5 Å². The topological polar surface area (TPSA) is 59.6 Å². The summed E-state index contributed by atoms with van der Waals surface area (Å²) in [6, 6.07) is 7.25. The molecule has 5 nitrogen and oxygen atoms in total. The zero-order valence-corrected chi connectivity index (χ0v) is 12.6. The van der Waals surface area contributed by atoms with Crippen molar-refractivity contribution in [1.29, 1.82) is 0 Å². The molecule has 1 fully saturated rings. The minimum absolute atomic E-state index is 0.0378. The van der Waals surface area contributed by atoms with Gasteiger partial charge in [0, 0.05) is 12.6 Å². The van der Waals surface area contributed by atoms with Gasteiger partial charge in [0.15, 0.2) is 6.61 Å². The van der Waals surface area contributed by atoms with Crippen LogP contribution in [0.25, 0.3) is 0 Å². The highest BCUT2D eigenvalue weighted by atomic mass is 16.5. The van der Waals surface area contributed by atoms with Gasteiger partial charge in [-0.05, 0) is 50.4 Å². The van der Waals surface area contributed by atoms with Crippen molar-refractivity contribution in [1.82, 2.24) is 10.6 Å². The molecule has 1 saturated heterocycles. The van der Waals surface area contributed by atoms with Crippen LogP contribution in [-0.4, -0.2) is 39.3 Å². The molecule has 0 bridgehead atoms. The molecule has 5 heteroatoms. The third kappa shape index (κ3) is 5.63. The molecule has 1 aromatic rings. The standard InChI is InChI=1S/C16H24N2O3/c1-20-14-5-2-6-15(10-14)21-12-16(19)18-9-7-13-4-3-8-17-11-13/h2,5-6,10,13,17H,3-4,7-9,11-12H2,1H3,(H,18,19). The molecule has 2 rings (SSSR count). The van der Waals surface area contributed by atoms with Crippen LogP contribution in [0.3, 0.4) is 0 Å². The zero-order chi connectivity index (χ0) is 14.9. The number of benzene rings is 1. The van der Waals surface area contributed by atoms with Crippen LogP contribution < -0.4 is 20.1 Å². The number of rotatable bonds is 7. The summed E-state index contributed by atoms with van der Waals surface area (Å²) in [5, 5.41) is 6.29. The van der Waals surface area contributed by atoms with E-state index in [9.17, 15) is 4.79 Å². The second-order valence-electron chi connectivity index (χ2n) is 5.32. The van der Waals surface area contributed by atoms with Crippen molar-refractivity contribution in [2.45, 2.75) is 19.3 Å². The van der Waals surface area contributed by atoms with Gasteiger partial charge in [-0.3, -0.25) is 4.79 Å². The fourth-order valence-electron chi connectivity index (χ4n) is 2.48. The highest BCUT2D eigenvalue weighted by molar-refractivity contribution is 5.77. The van der Waals surface area contributed by atoms with E-state index in [4.69, 9.17) is 9.47 Å². The van der Waals surface area contributed by atoms with E-state index in [-0.39, 0.29) is 12.5 Å². The molecule has 0 saturated carbocycles. The van der Waals surface area contributed by atoms with E-state index < -0.39 is 0 Å². The van der Waals surface area contributed by atoms with Crippen molar-refractivity contribution in [2.75, 3.05) is 33.4 Å². The van der Waals surface area contributed by atoms with Crippen molar-refractivity contribution < 1.29 is 14.3 Å². The van der Waals surface area contributed by atoms with E-state index in [2.05, 4.69) is 10.6 Å². The molecule has 1 atom stereocenters. The maximum Gasteiger partial charge on any atom is 0.257 e. The number of piperidine rings is 1. The quantitative estimate of drug-likeness (QED) is 0.801. The summed E-state index contributed by atoms with van der Waals surface area (Å²) in [6.45, 7) is 2.94. The fourth-order valence-corrected chi connectivity index (χ4v) is 2.48. The predicted molar refractivity (Wildman–Crippen MR) is 81.7 cm³/mol. The van der Waals surface area contributed by atoms with Crippen LogP contribution >= 0.6 is 0 Å². The molecule has 2 N–H and O–H groups in total. The Hall–Kier alpha value is -1.75. The first-order valence-electron chi connectivity index (χ1n) is 7.52. The predicted octanol–water partition coefficient (Wildman–Crippen LogP) is 1.58. The number of nitrogens with one attached hydrogen (secondary N) is 2. The minimum Gasteiger partial charge on any atom is -0.497 e. The summed E-state index contributed by atoms with van der Waals surface area (Å²) in [5.41, 5.74) is 0. The summed E-state index contributed by atoms with van der Waals surface area (Å²) in [7, 11) is 1.60. The van der Waals surface area contributed by atoms with Crippen LogP contribution in [0.15, 0.2) is 24.3 Å². The Kier molecular flexibility index (Phi) is 6.34. The molecule has 1 amide bonds. The van der Waals surface area contributed by atoms with Crippen LogP contribution in [0, 0.1) is 5.92 Å². The van der Waals surface area contributed by atoms with Crippen molar-refractivity contribution in [3.63, 3.8) is 0 Å². The van der Waals surface area contributed by atoms with Gasteiger partial charge in [0.25, 0.3) is 5.91 Å². The molecule has 1 unspecified atom stereocenters. The van der Waals surface area contributed by atoms with E-state index in [0.29, 0.717) is 18.2 Å². The highest BCUT2D eigenvalue weighted by Gasteiger charge is 2.12. The Balaban J connectivity index is 1.62. The van der Waals surface area contributed by atoms with E-state index >= 15 is 0 Å². The number of ether oxygens (including phenoxy) is 2. The van der Waals surface area contributed by atoms with Gasteiger partial charge in [-0.15, -0.1) is 0 Å². The van der Waals surface area contributed by atoms with Gasteiger partial charge in [-0.2, -0.15) is 0 Å². The Labute approximate surface area is 126 Å². The van der Waals surface area contributed by atoms with Gasteiger partial charge in [-0.1, -0.05) is 6.07 Å². The largest absolute Gasteiger partial charge is 0.497 e. The first kappa shape index (κ1) is 15.6. The summed E-state index contributed by atoms with van der Waals surface area (Å²) < 4.78 is 10.6. The van der Waals surface area contributed by atoms with Gasteiger partial charge < -0.3 is 20.1 Å². The molecule has 0 aliphatic carbocycles. The Morgan fingerprint density at radius 2 is 2.29 bits per heavy atom. The number of methoxy groups -OCH3 is 1. The van der Waals surface area contributed by atoms with Crippen LogP contribution in [0.4, 0.5) is 0 Å². The fraction of sp³-hybridized carbons (Fsp3) is 0.562. The van der Waals surface area contributed by atoms with E-state index in [1.54, 1.807) is 13.2 Å². The minimum atomic E-state index is -0.0819. The first-order valence-corrected chi connectivity index (χ1v) is 7.52. The molecule has 1 aliphatic rings. The molecule has 1 aromatic carbocycles. The second-order valence-corrected chi connectivity index (χ2v) is 5.32. The lowest BCUT2D eigenvalue weighted by Crippen LogP contribution is -2.34. The van der Waals surface area contributed by atoms with Gasteiger partial charge in [0.05, 0.1) is 7.11 Å². The SMILES string of the molecule is COc1cccc(OCC(=O)NCCC2CCCNC2)c1. The molecule has 0 spiro atoms. The molecule has 0 radical (unpaired) electrons. The van der Waals surface area contributed by atoms with Crippen molar-refractivity contribution >= 4 is 5.91 Å². The van der Waals surface area contributed by atoms with Gasteiger partial charge in [0.2, 0.25) is 0 Å². The van der Waals surface area contributed by atoms with Crippen LogP contribution in [-0.2, 0) is 4.79 Å². The molecule has 116 valence electrons. The smallest absolute Gasteiger partial charge is 0.257 e. The molecular weight excluding hydrogens is 268 g/mol. The summed E-state index contributed by atoms with van der Waals surface area (Å²) in [4.78, 5) is 11.7. The zero-order valence-electron chi connectivity index (χ0n) is 12.6. The molecule has 1 aliphatic heterocycles. The number of carbonyl (C=O) groups is 1. The maximum absolute atomic E-state index is 11.7. The van der Waals surface area contributed by atoms with E-state index in [1.807, 2.05) is 18.2 Å². The number of hydrogen-bond donors (Lipinski definition) is 2. The van der Waals surface area contributed by atoms with E-state index in [0.717, 1.165) is 25.3 Å². The third-order valence-corrected chi connectivity index (χ3v) is 3.68. The molecular formula is C16H24N2O3. The molecule has 21 heavy (non-hydrogen) atoms. The van der Waals surface area contributed by atoms with Crippen LogP contribution in [0.5, 0.6) is 11.5 Å². The molecule has 0 aromatic heterocycles. The Morgan fingerprint density at radius 1 is 1.43 bits per heavy atom. The summed E-state index contributed by atoms with van der Waals surface area (Å²) in [6.07, 6.45) is 3.51. The second kappa shape index (κ2) is 8.52. The van der Waals surface area contributed by atoms with Crippen LogP contribution in [0.2, 0.25) is 0 Å². The summed E-state index contributed by atoms with van der Waals surface area (Å²) in [5.74, 6) is 1.96. The highest BCUT2D eigenvalue weighted by Crippen LogP contribution is 2.18. The Morgan fingerprint density at radius 3 is 3.05 bits per heavy atom. The third-order valence-electron chi connectivity index (χ3n) is 3.68. The van der Waals surface area contributed by atoms with E-state index in [1.165, 1.54) is 12.8 Å². The Bertz CT molecular complexity index is 445. The molecule has 1 heterocycles. The lowest BCUT2D eigenvalue weighted by molar-refractivity contribution is -0.123. The summed E-state index contributed by atoms with van der Waals surface area (Å²) >= 11 is 0. The average Bonchev–Trinajstić information content (AvgIpc) is 2.54. The van der Waals surface area contributed by atoms with Gasteiger partial charge >= 0.3 is 0 Å². The first-order chi connectivity index (χ1) is 10.3. The van der Waals surface area contributed by atoms with Gasteiger partial charge in [0.1, 0.15) is 11.5 Å². The maximum atomic E-state index is 11.7. The van der Waals surface area contributed by atoms with Crippen molar-refractivity contribution in [2.24, 2.45) is 5.92 Å². The lowest BCUT2D eigenvalue weighted by atomic mass is 9.96. The monoisotopic (exact) mass is 292 g/mol. The van der Waals surface area contributed by atoms with Gasteiger partial charge in [-0.25, -0.2) is 0 Å². The van der Waals surface area contributed by atoms with Crippen molar-refractivity contribution in [3.05, 3.63) is 24.3 Å². The normalized spacial score (nSPS) is 18.0.